The maximum atomic E-state index is 13.9. The van der Waals surface area contributed by atoms with Gasteiger partial charge in [0.1, 0.15) is 5.84 Å². The Morgan fingerprint density at radius 3 is 2.75 bits per heavy atom. The third kappa shape index (κ3) is 2.51. The van der Waals surface area contributed by atoms with Crippen LogP contribution >= 0.6 is 15.9 Å². The van der Waals surface area contributed by atoms with E-state index in [0.29, 0.717) is 17.8 Å². The van der Waals surface area contributed by atoms with E-state index in [-0.39, 0.29) is 16.9 Å². The Morgan fingerprint density at radius 1 is 1.62 bits per heavy atom. The lowest BCUT2D eigenvalue weighted by atomic mass is 10.1. The van der Waals surface area contributed by atoms with Crippen LogP contribution in [0.1, 0.15) is 5.56 Å². The first kappa shape index (κ1) is 12.9. The number of amidine groups is 1. The van der Waals surface area contributed by atoms with Gasteiger partial charge in [0.15, 0.2) is 5.82 Å². The van der Waals surface area contributed by atoms with E-state index in [9.17, 15) is 4.39 Å². The monoisotopic (exact) mass is 289 g/mol. The molecule has 0 heterocycles. The highest BCUT2D eigenvalue weighted by atomic mass is 79.9. The molecule has 88 valence electrons. The molecule has 0 aromatic heterocycles. The Hall–Kier alpha value is -1.14. The standard InChI is InChI=1S/C10H13BrFN3O/c1-15(4-5-16)7-3-2-6(10(13)14)8(11)9(7)12/h2-3,16H,4-5H2,1H3,(H3,13,14). The summed E-state index contributed by atoms with van der Waals surface area (Å²) in [6, 6.07) is 3.10. The molecule has 4 nitrogen and oxygen atoms in total. The van der Waals surface area contributed by atoms with Gasteiger partial charge in [0.05, 0.1) is 16.8 Å². The Labute approximate surface area is 102 Å². The molecule has 1 aromatic carbocycles. The highest BCUT2D eigenvalue weighted by Gasteiger charge is 2.15. The van der Waals surface area contributed by atoms with Gasteiger partial charge in [-0.15, -0.1) is 0 Å². The molecular formula is C10H13BrFN3O. The largest absolute Gasteiger partial charge is 0.395 e. The number of nitrogens with two attached hydrogens (primary N) is 1. The van der Waals surface area contributed by atoms with Crippen molar-refractivity contribution in [2.75, 3.05) is 25.1 Å². The molecule has 0 bridgehead atoms. The number of hydrogen-bond acceptors (Lipinski definition) is 3. The van der Waals surface area contributed by atoms with Gasteiger partial charge in [0, 0.05) is 19.2 Å². The minimum Gasteiger partial charge on any atom is -0.395 e. The first-order chi connectivity index (χ1) is 7.49. The third-order valence-electron chi connectivity index (χ3n) is 2.20. The molecule has 0 saturated heterocycles. The molecule has 4 N–H and O–H groups in total. The summed E-state index contributed by atoms with van der Waals surface area (Å²) in [7, 11) is 1.68. The summed E-state index contributed by atoms with van der Waals surface area (Å²) in [5.74, 6) is -0.675. The van der Waals surface area contributed by atoms with Crippen LogP contribution in [0, 0.1) is 11.2 Å². The number of halogens is 2. The number of likely N-dealkylation sites (N-methyl/N-ethyl adjacent to an activating group) is 1. The molecule has 1 aromatic rings. The van der Waals surface area contributed by atoms with Gasteiger partial charge in [0.2, 0.25) is 0 Å². The van der Waals surface area contributed by atoms with Crippen LogP contribution < -0.4 is 10.6 Å². The molecule has 1 rings (SSSR count). The van der Waals surface area contributed by atoms with Crippen molar-refractivity contribution < 1.29 is 9.50 Å². The van der Waals surface area contributed by atoms with Gasteiger partial charge < -0.3 is 15.7 Å². The molecule has 0 amide bonds. The van der Waals surface area contributed by atoms with Crippen LogP contribution in [0.3, 0.4) is 0 Å². The Bertz CT molecular complexity index is 411. The van der Waals surface area contributed by atoms with Crippen LogP contribution in [0.4, 0.5) is 10.1 Å². The minimum absolute atomic E-state index is 0.0536. The summed E-state index contributed by atoms with van der Waals surface area (Å²) < 4.78 is 14.0. The number of nitrogens with zero attached hydrogens (tertiary/aromatic N) is 1. The maximum absolute atomic E-state index is 13.9. The number of nitrogen functional groups attached to an aromatic ring is 1. The molecule has 0 fully saturated rings. The molecule has 0 aliphatic carbocycles. The van der Waals surface area contributed by atoms with Crippen LogP contribution in [0.25, 0.3) is 0 Å². The van der Waals surface area contributed by atoms with Crippen LogP contribution in [0.15, 0.2) is 16.6 Å². The Balaban J connectivity index is 3.16. The molecule has 0 spiro atoms. The normalized spacial score (nSPS) is 10.2. The first-order valence-electron chi connectivity index (χ1n) is 4.63. The second-order valence-corrected chi connectivity index (χ2v) is 4.11. The van der Waals surface area contributed by atoms with E-state index in [1.807, 2.05) is 0 Å². The first-order valence-corrected chi connectivity index (χ1v) is 5.42. The van der Waals surface area contributed by atoms with E-state index in [1.165, 1.54) is 6.07 Å². The highest BCUT2D eigenvalue weighted by molar-refractivity contribution is 9.10. The van der Waals surface area contributed by atoms with Crippen molar-refractivity contribution in [3.05, 3.63) is 28.0 Å². The van der Waals surface area contributed by atoms with E-state index in [0.717, 1.165) is 0 Å². The van der Waals surface area contributed by atoms with Crippen molar-refractivity contribution in [2.24, 2.45) is 5.73 Å². The molecule has 0 atom stereocenters. The smallest absolute Gasteiger partial charge is 0.161 e. The fourth-order valence-electron chi connectivity index (χ4n) is 1.31. The second kappa shape index (κ2) is 5.27. The molecule has 6 heteroatoms. The van der Waals surface area contributed by atoms with Gasteiger partial charge in [0.25, 0.3) is 0 Å². The lowest BCUT2D eigenvalue weighted by molar-refractivity contribution is 0.303. The Morgan fingerprint density at radius 2 is 2.25 bits per heavy atom. The number of anilines is 1. The molecule has 0 saturated carbocycles. The van der Waals surface area contributed by atoms with Crippen molar-refractivity contribution in [1.29, 1.82) is 5.41 Å². The number of aliphatic hydroxyl groups excluding tert-OH is 1. The van der Waals surface area contributed by atoms with E-state index < -0.39 is 5.82 Å². The number of hydrogen-bond donors (Lipinski definition) is 3. The van der Waals surface area contributed by atoms with Crippen LogP contribution in [0.5, 0.6) is 0 Å². The van der Waals surface area contributed by atoms with Crippen LogP contribution in [-0.2, 0) is 0 Å². The summed E-state index contributed by atoms with van der Waals surface area (Å²) in [6.45, 7) is 0.283. The highest BCUT2D eigenvalue weighted by Crippen LogP contribution is 2.28. The second-order valence-electron chi connectivity index (χ2n) is 3.32. The third-order valence-corrected chi connectivity index (χ3v) is 2.97. The van der Waals surface area contributed by atoms with Gasteiger partial charge >= 0.3 is 0 Å². The minimum atomic E-state index is -0.483. The number of rotatable bonds is 4. The van der Waals surface area contributed by atoms with E-state index >= 15 is 0 Å². The van der Waals surface area contributed by atoms with Crippen molar-refractivity contribution in [1.82, 2.24) is 0 Å². The summed E-state index contributed by atoms with van der Waals surface area (Å²) in [4.78, 5) is 1.59. The molecule has 0 radical (unpaired) electrons. The quantitative estimate of drug-likeness (QED) is 0.578. The van der Waals surface area contributed by atoms with Crippen molar-refractivity contribution in [3.8, 4) is 0 Å². The molecule has 0 unspecified atom stereocenters. The molecule has 0 aliphatic heterocycles. The summed E-state index contributed by atoms with van der Waals surface area (Å²) in [6.07, 6.45) is 0. The maximum Gasteiger partial charge on any atom is 0.161 e. The van der Waals surface area contributed by atoms with Gasteiger partial charge in [-0.2, -0.15) is 0 Å². The lowest BCUT2D eigenvalue weighted by Crippen LogP contribution is -2.23. The van der Waals surface area contributed by atoms with Gasteiger partial charge in [-0.05, 0) is 28.1 Å². The molecule has 16 heavy (non-hydrogen) atoms. The van der Waals surface area contributed by atoms with Crippen LogP contribution in [-0.4, -0.2) is 31.1 Å². The predicted molar refractivity (Wildman–Crippen MR) is 65.5 cm³/mol. The zero-order valence-corrected chi connectivity index (χ0v) is 10.4. The fourth-order valence-corrected chi connectivity index (χ4v) is 1.86. The van der Waals surface area contributed by atoms with Gasteiger partial charge in [-0.3, -0.25) is 5.41 Å². The topological polar surface area (TPSA) is 73.3 Å². The van der Waals surface area contributed by atoms with Crippen LogP contribution in [0.2, 0.25) is 0 Å². The summed E-state index contributed by atoms with van der Waals surface area (Å²) >= 11 is 3.07. The van der Waals surface area contributed by atoms with E-state index in [4.69, 9.17) is 16.2 Å². The van der Waals surface area contributed by atoms with Gasteiger partial charge in [-0.1, -0.05) is 0 Å². The zero-order valence-electron chi connectivity index (χ0n) is 8.80. The van der Waals surface area contributed by atoms with E-state index in [2.05, 4.69) is 15.9 Å². The van der Waals surface area contributed by atoms with Crippen molar-refractivity contribution >= 4 is 27.5 Å². The average molecular weight is 290 g/mol. The lowest BCUT2D eigenvalue weighted by Gasteiger charge is -2.20. The van der Waals surface area contributed by atoms with Crippen molar-refractivity contribution in [3.63, 3.8) is 0 Å². The number of nitrogens with one attached hydrogen (secondary N) is 1. The SMILES string of the molecule is CN(CCO)c1ccc(C(=N)N)c(Br)c1F. The molecule has 0 aliphatic rings. The van der Waals surface area contributed by atoms with Gasteiger partial charge in [-0.25, -0.2) is 4.39 Å². The van der Waals surface area contributed by atoms with E-state index in [1.54, 1.807) is 18.0 Å². The predicted octanol–water partition coefficient (Wildman–Crippen LogP) is 1.30. The number of aliphatic hydroxyl groups is 1. The summed E-state index contributed by atoms with van der Waals surface area (Å²) in [5.41, 5.74) is 5.97. The van der Waals surface area contributed by atoms with Crippen molar-refractivity contribution in [2.45, 2.75) is 0 Å². The Kier molecular flexibility index (Phi) is 4.26. The molecular weight excluding hydrogens is 277 g/mol. The fraction of sp³-hybridized carbons (Fsp3) is 0.300. The summed E-state index contributed by atoms with van der Waals surface area (Å²) in [5, 5.41) is 16.0. The zero-order chi connectivity index (χ0) is 12.3. The number of benzene rings is 1. The average Bonchev–Trinajstić information content (AvgIpc) is 2.21.